The van der Waals surface area contributed by atoms with Gasteiger partial charge in [0.05, 0.1) is 12.5 Å². The molecule has 3 aromatic rings. The van der Waals surface area contributed by atoms with Gasteiger partial charge in [-0.05, 0) is 35.2 Å². The van der Waals surface area contributed by atoms with Gasteiger partial charge in [-0.1, -0.05) is 44.2 Å². The van der Waals surface area contributed by atoms with Crippen LogP contribution in [-0.4, -0.2) is 69.0 Å². The highest BCUT2D eigenvalue weighted by atomic mass is 16.4. The number of nitrogens with two attached hydrogens (primary N) is 2. The molecule has 1 aromatic heterocycles. The zero-order valence-corrected chi connectivity index (χ0v) is 23.3. The number of carbonyl (C=O) groups excluding carboxylic acids is 4. The average Bonchev–Trinajstić information content (AvgIpc) is 3.33. The maximum Gasteiger partial charge on any atom is 0.326 e. The third-order valence-corrected chi connectivity index (χ3v) is 6.73. The van der Waals surface area contributed by atoms with Gasteiger partial charge in [-0.3, -0.25) is 19.2 Å². The number of benzene rings is 2. The van der Waals surface area contributed by atoms with Crippen molar-refractivity contribution in [3.63, 3.8) is 0 Å². The molecular formula is C29H36N6O7. The summed E-state index contributed by atoms with van der Waals surface area (Å²) in [5.41, 5.74) is 12.9. The molecule has 0 saturated carbocycles. The van der Waals surface area contributed by atoms with Crippen LogP contribution in [0.2, 0.25) is 0 Å². The first-order valence-corrected chi connectivity index (χ1v) is 13.4. The van der Waals surface area contributed by atoms with Crippen LogP contribution in [0.1, 0.15) is 31.4 Å². The number of aliphatic carboxylic acids is 1. The molecule has 1 heterocycles. The number of hydrogen-bond acceptors (Lipinski definition) is 7. The van der Waals surface area contributed by atoms with Crippen molar-refractivity contribution in [1.82, 2.24) is 20.9 Å². The third kappa shape index (κ3) is 8.54. The maximum absolute atomic E-state index is 13.5. The van der Waals surface area contributed by atoms with Crippen molar-refractivity contribution in [1.29, 1.82) is 0 Å². The molecule has 13 heteroatoms. The number of phenolic OH excluding ortho intramolecular Hbond substituents is 1. The number of nitrogens with one attached hydrogen (secondary N) is 4. The smallest absolute Gasteiger partial charge is 0.326 e. The molecule has 0 radical (unpaired) electrons. The summed E-state index contributed by atoms with van der Waals surface area (Å²) in [5.74, 6) is -4.74. The minimum atomic E-state index is -1.32. The van der Waals surface area contributed by atoms with Crippen LogP contribution >= 0.6 is 0 Å². The molecule has 42 heavy (non-hydrogen) atoms. The number of H-pyrrole nitrogens is 1. The second-order valence-corrected chi connectivity index (χ2v) is 10.4. The standard InChI is InChI=1S/C29H36N6O7/c1-15(2)25(35-26(38)20(30)13-24(31)37)28(40)33-22(11-16-7-9-18(36)10-8-16)27(39)34-23(29(41)42)12-17-14-32-21-6-4-3-5-19(17)21/h3-10,14-15,20,22-23,25,32,36H,11-13,30H2,1-2H3,(H2,31,37)(H,33,40)(H,34,39)(H,35,38)(H,41,42). The van der Waals surface area contributed by atoms with Gasteiger partial charge in [0.15, 0.2) is 0 Å². The minimum absolute atomic E-state index is 0.00309. The Morgan fingerprint density at radius 1 is 0.857 bits per heavy atom. The van der Waals surface area contributed by atoms with Crippen molar-refractivity contribution >= 4 is 40.5 Å². The molecule has 0 aliphatic rings. The fraction of sp³-hybridized carbons (Fsp3) is 0.345. The van der Waals surface area contributed by atoms with E-state index >= 15 is 0 Å². The van der Waals surface area contributed by atoms with E-state index in [-0.39, 0.29) is 18.6 Å². The number of fused-ring (bicyclic) bond motifs is 1. The number of carbonyl (C=O) groups is 5. The van der Waals surface area contributed by atoms with Crippen LogP contribution < -0.4 is 27.4 Å². The molecule has 0 bridgehead atoms. The number of primary amides is 1. The van der Waals surface area contributed by atoms with E-state index in [1.54, 1.807) is 32.2 Å². The summed E-state index contributed by atoms with van der Waals surface area (Å²) in [7, 11) is 0. The molecule has 13 nitrogen and oxygen atoms in total. The minimum Gasteiger partial charge on any atom is -0.508 e. The topological polar surface area (TPSA) is 230 Å². The molecule has 3 rings (SSSR count). The normalized spacial score (nSPS) is 14.0. The Bertz CT molecular complexity index is 1440. The molecule has 224 valence electrons. The lowest BCUT2D eigenvalue weighted by atomic mass is 9.99. The van der Waals surface area contributed by atoms with E-state index in [1.807, 2.05) is 24.3 Å². The van der Waals surface area contributed by atoms with Crippen LogP contribution in [0.15, 0.2) is 54.7 Å². The van der Waals surface area contributed by atoms with Crippen molar-refractivity contribution in [2.24, 2.45) is 17.4 Å². The lowest BCUT2D eigenvalue weighted by Gasteiger charge is -2.27. The van der Waals surface area contributed by atoms with Gasteiger partial charge in [0.2, 0.25) is 23.6 Å². The lowest BCUT2D eigenvalue weighted by Crippen LogP contribution is -2.59. The van der Waals surface area contributed by atoms with Crippen LogP contribution in [0.3, 0.4) is 0 Å². The van der Waals surface area contributed by atoms with Gasteiger partial charge in [-0.2, -0.15) is 0 Å². The number of carboxylic acid groups (broad SMARTS) is 1. The zero-order valence-electron chi connectivity index (χ0n) is 23.3. The first-order chi connectivity index (χ1) is 19.8. The van der Waals surface area contributed by atoms with Crippen molar-refractivity contribution in [2.75, 3.05) is 0 Å². The van der Waals surface area contributed by atoms with Gasteiger partial charge in [-0.15, -0.1) is 0 Å². The lowest BCUT2D eigenvalue weighted by molar-refractivity contribution is -0.142. The first-order valence-electron chi connectivity index (χ1n) is 13.4. The van der Waals surface area contributed by atoms with Crippen molar-refractivity contribution < 1.29 is 34.2 Å². The Labute approximate surface area is 242 Å². The number of amides is 4. The monoisotopic (exact) mass is 580 g/mol. The number of hydrogen-bond donors (Lipinski definition) is 8. The quantitative estimate of drug-likeness (QED) is 0.130. The van der Waals surface area contributed by atoms with Crippen LogP contribution in [-0.2, 0) is 36.8 Å². The SMILES string of the molecule is CC(C)C(NC(=O)C(N)CC(N)=O)C(=O)NC(Cc1ccc(O)cc1)C(=O)NC(Cc1c[nH]c2ccccc12)C(=O)O. The van der Waals surface area contributed by atoms with Crippen LogP contribution in [0.25, 0.3) is 10.9 Å². The number of aromatic hydroxyl groups is 1. The number of aromatic nitrogens is 1. The summed E-state index contributed by atoms with van der Waals surface area (Å²) < 4.78 is 0. The van der Waals surface area contributed by atoms with Gasteiger partial charge in [-0.25, -0.2) is 4.79 Å². The molecule has 0 saturated heterocycles. The van der Waals surface area contributed by atoms with E-state index < -0.39 is 66.1 Å². The first kappa shape index (κ1) is 31.6. The third-order valence-electron chi connectivity index (χ3n) is 6.73. The van der Waals surface area contributed by atoms with Gasteiger partial charge >= 0.3 is 5.97 Å². The van der Waals surface area contributed by atoms with Crippen molar-refractivity contribution in [2.45, 2.75) is 57.3 Å². The van der Waals surface area contributed by atoms with Crippen LogP contribution in [0, 0.1) is 5.92 Å². The molecule has 0 fully saturated rings. The number of aromatic amines is 1. The molecular weight excluding hydrogens is 544 g/mol. The second-order valence-electron chi connectivity index (χ2n) is 10.4. The number of rotatable bonds is 14. The summed E-state index contributed by atoms with van der Waals surface area (Å²) in [5, 5.41) is 28.0. The fourth-order valence-corrected chi connectivity index (χ4v) is 4.44. The number of phenols is 1. The number of carboxylic acids is 1. The Kier molecular flexibility index (Phi) is 10.6. The van der Waals surface area contributed by atoms with Gasteiger partial charge < -0.3 is 42.6 Å². The van der Waals surface area contributed by atoms with E-state index in [0.717, 1.165) is 10.9 Å². The molecule has 0 spiro atoms. The predicted molar refractivity (Wildman–Crippen MR) is 154 cm³/mol. The van der Waals surface area contributed by atoms with Crippen LogP contribution in [0.4, 0.5) is 0 Å². The molecule has 0 aliphatic carbocycles. The summed E-state index contributed by atoms with van der Waals surface area (Å²) in [6.07, 6.45) is 1.20. The molecule has 4 atom stereocenters. The van der Waals surface area contributed by atoms with E-state index in [1.165, 1.54) is 12.1 Å². The summed E-state index contributed by atoms with van der Waals surface area (Å²) in [6.45, 7) is 3.34. The zero-order chi connectivity index (χ0) is 31.0. The summed E-state index contributed by atoms with van der Waals surface area (Å²) in [4.78, 5) is 65.8. The Hall–Kier alpha value is -4.91. The van der Waals surface area contributed by atoms with Gasteiger partial charge in [0, 0.05) is 29.9 Å². The van der Waals surface area contributed by atoms with E-state index in [2.05, 4.69) is 20.9 Å². The second kappa shape index (κ2) is 14.1. The average molecular weight is 581 g/mol. The Balaban J connectivity index is 1.82. The Morgan fingerprint density at radius 3 is 2.12 bits per heavy atom. The molecule has 4 unspecified atom stereocenters. The van der Waals surface area contributed by atoms with Gasteiger partial charge in [0.1, 0.15) is 23.9 Å². The molecule has 4 amide bonds. The highest BCUT2D eigenvalue weighted by Gasteiger charge is 2.32. The largest absolute Gasteiger partial charge is 0.508 e. The Morgan fingerprint density at radius 2 is 1.50 bits per heavy atom. The van der Waals surface area contributed by atoms with Crippen LogP contribution in [0.5, 0.6) is 5.75 Å². The molecule has 2 aromatic carbocycles. The van der Waals surface area contributed by atoms with Crippen molar-refractivity contribution in [3.05, 3.63) is 65.9 Å². The highest BCUT2D eigenvalue weighted by Crippen LogP contribution is 2.19. The number of para-hydroxylation sites is 1. The fourth-order valence-electron chi connectivity index (χ4n) is 4.44. The molecule has 10 N–H and O–H groups in total. The maximum atomic E-state index is 13.5. The van der Waals surface area contributed by atoms with E-state index in [0.29, 0.717) is 11.1 Å². The predicted octanol–water partition coefficient (Wildman–Crippen LogP) is 0.0564. The summed E-state index contributed by atoms with van der Waals surface area (Å²) >= 11 is 0. The highest BCUT2D eigenvalue weighted by molar-refractivity contribution is 5.95. The van der Waals surface area contributed by atoms with Crippen molar-refractivity contribution in [3.8, 4) is 5.75 Å². The van der Waals surface area contributed by atoms with Gasteiger partial charge in [0.25, 0.3) is 0 Å². The molecule has 0 aliphatic heterocycles. The van der Waals surface area contributed by atoms with E-state index in [9.17, 15) is 34.2 Å². The summed E-state index contributed by atoms with van der Waals surface area (Å²) in [6, 6.07) is 8.34. The van der Waals surface area contributed by atoms with E-state index in [4.69, 9.17) is 11.5 Å².